The third-order valence-electron chi connectivity index (χ3n) is 4.44. The van der Waals surface area contributed by atoms with Gasteiger partial charge >= 0.3 is 5.97 Å². The Labute approximate surface area is 161 Å². The fourth-order valence-electron chi connectivity index (χ4n) is 3.09. The van der Waals surface area contributed by atoms with Gasteiger partial charge in [0.1, 0.15) is 5.60 Å². The molecule has 2 aliphatic rings. The van der Waals surface area contributed by atoms with Crippen molar-refractivity contribution >= 4 is 23.5 Å². The first kappa shape index (κ1) is 20.9. The van der Waals surface area contributed by atoms with Crippen LogP contribution >= 0.6 is 0 Å². The molecule has 0 aromatic heterocycles. The van der Waals surface area contributed by atoms with Crippen molar-refractivity contribution in [3.8, 4) is 0 Å². The maximum Gasteiger partial charge on any atom is 0.309 e. The van der Waals surface area contributed by atoms with Crippen LogP contribution in [0.25, 0.3) is 0 Å². The predicted octanol–water partition coefficient (Wildman–Crippen LogP) is 3.06. The molecule has 0 saturated carbocycles. The fraction of sp³-hybridized carbons (Fsp3) is 0.571. The molecule has 2 aliphatic heterocycles. The zero-order chi connectivity index (χ0) is 19.9. The first-order valence-corrected chi connectivity index (χ1v) is 9.60. The summed E-state index contributed by atoms with van der Waals surface area (Å²) in [7, 11) is 0. The van der Waals surface area contributed by atoms with Gasteiger partial charge in [0.15, 0.2) is 0 Å². The van der Waals surface area contributed by atoms with Gasteiger partial charge in [0.25, 0.3) is 0 Å². The van der Waals surface area contributed by atoms with E-state index in [1.165, 1.54) is 5.69 Å². The molecule has 148 valence electrons. The number of carbonyl (C=O) groups is 3. The van der Waals surface area contributed by atoms with E-state index in [4.69, 9.17) is 4.74 Å². The van der Waals surface area contributed by atoms with E-state index in [1.54, 1.807) is 0 Å². The summed E-state index contributed by atoms with van der Waals surface area (Å²) in [6.07, 6.45) is 3.48. The van der Waals surface area contributed by atoms with Crippen LogP contribution < -0.4 is 10.2 Å². The van der Waals surface area contributed by atoms with Crippen LogP contribution in [0.15, 0.2) is 30.3 Å². The Hall–Kier alpha value is -2.37. The zero-order valence-corrected chi connectivity index (χ0v) is 16.5. The highest BCUT2D eigenvalue weighted by Gasteiger charge is 2.29. The molecule has 0 aliphatic carbocycles. The van der Waals surface area contributed by atoms with Gasteiger partial charge < -0.3 is 9.64 Å². The minimum Gasteiger partial charge on any atom is -0.460 e. The van der Waals surface area contributed by atoms with Gasteiger partial charge in [0.2, 0.25) is 11.8 Å². The number of piperidine rings is 2. The first-order valence-electron chi connectivity index (χ1n) is 9.60. The Morgan fingerprint density at radius 1 is 1.04 bits per heavy atom. The minimum absolute atomic E-state index is 0.0415. The SMILES string of the molecule is CC(C)(C)OC(=O)C1CCN(c2ccccc2)CC1.O=C1CCCC(=O)N1. The molecular formula is C21H30N2O4. The van der Waals surface area contributed by atoms with E-state index in [9.17, 15) is 14.4 Å². The van der Waals surface area contributed by atoms with Crippen LogP contribution in [0.1, 0.15) is 52.9 Å². The number of esters is 1. The summed E-state index contributed by atoms with van der Waals surface area (Å²) in [6.45, 7) is 7.61. The van der Waals surface area contributed by atoms with E-state index < -0.39 is 0 Å². The van der Waals surface area contributed by atoms with Crippen molar-refractivity contribution in [2.24, 2.45) is 5.92 Å². The fourth-order valence-corrected chi connectivity index (χ4v) is 3.09. The summed E-state index contributed by atoms with van der Waals surface area (Å²) in [6, 6.07) is 10.4. The number of nitrogens with zero attached hydrogens (tertiary/aromatic N) is 1. The van der Waals surface area contributed by atoms with Crippen LogP contribution in [0.3, 0.4) is 0 Å². The van der Waals surface area contributed by atoms with Crippen molar-refractivity contribution in [2.75, 3.05) is 18.0 Å². The Morgan fingerprint density at radius 2 is 1.59 bits per heavy atom. The monoisotopic (exact) mass is 374 g/mol. The van der Waals surface area contributed by atoms with E-state index in [1.807, 2.05) is 26.8 Å². The maximum absolute atomic E-state index is 12.0. The quantitative estimate of drug-likeness (QED) is 0.636. The summed E-state index contributed by atoms with van der Waals surface area (Å²) < 4.78 is 5.46. The molecule has 0 unspecified atom stereocenters. The van der Waals surface area contributed by atoms with Crippen LogP contribution in [0.4, 0.5) is 5.69 Å². The summed E-state index contributed by atoms with van der Waals surface area (Å²) in [4.78, 5) is 35.0. The number of nitrogens with one attached hydrogen (secondary N) is 1. The first-order chi connectivity index (χ1) is 12.7. The Balaban J connectivity index is 0.000000273. The van der Waals surface area contributed by atoms with Crippen LogP contribution in [0.5, 0.6) is 0 Å². The molecule has 6 heteroatoms. The molecule has 27 heavy (non-hydrogen) atoms. The van der Waals surface area contributed by atoms with Crippen molar-refractivity contribution < 1.29 is 19.1 Å². The molecule has 0 atom stereocenters. The van der Waals surface area contributed by atoms with Gasteiger partial charge in [-0.15, -0.1) is 0 Å². The summed E-state index contributed by atoms with van der Waals surface area (Å²) in [5, 5.41) is 2.20. The summed E-state index contributed by atoms with van der Waals surface area (Å²) >= 11 is 0. The molecule has 0 spiro atoms. The second-order valence-corrected chi connectivity index (χ2v) is 7.96. The highest BCUT2D eigenvalue weighted by atomic mass is 16.6. The number of rotatable bonds is 2. The lowest BCUT2D eigenvalue weighted by atomic mass is 9.96. The molecular weight excluding hydrogens is 344 g/mol. The normalized spacial score (nSPS) is 18.3. The van der Waals surface area contributed by atoms with Crippen LogP contribution in [0, 0.1) is 5.92 Å². The third kappa shape index (κ3) is 7.41. The van der Waals surface area contributed by atoms with Crippen molar-refractivity contribution in [2.45, 2.75) is 58.5 Å². The summed E-state index contributed by atoms with van der Waals surface area (Å²) in [5.74, 6) is -0.262. The van der Waals surface area contributed by atoms with E-state index in [2.05, 4.69) is 34.5 Å². The highest BCUT2D eigenvalue weighted by molar-refractivity contribution is 5.97. The van der Waals surface area contributed by atoms with E-state index in [0.29, 0.717) is 19.3 Å². The van der Waals surface area contributed by atoms with Crippen LogP contribution in [-0.2, 0) is 19.1 Å². The number of para-hydroxylation sites is 1. The lowest BCUT2D eigenvalue weighted by Crippen LogP contribution is -2.38. The molecule has 1 aromatic carbocycles. The molecule has 3 rings (SSSR count). The largest absolute Gasteiger partial charge is 0.460 e. The number of hydrogen-bond acceptors (Lipinski definition) is 5. The van der Waals surface area contributed by atoms with Crippen LogP contribution in [0.2, 0.25) is 0 Å². The molecule has 2 saturated heterocycles. The minimum atomic E-state index is -0.381. The van der Waals surface area contributed by atoms with Gasteiger partial charge in [0.05, 0.1) is 5.92 Å². The molecule has 0 bridgehead atoms. The number of imide groups is 1. The molecule has 2 fully saturated rings. The third-order valence-corrected chi connectivity index (χ3v) is 4.44. The highest BCUT2D eigenvalue weighted by Crippen LogP contribution is 2.25. The second kappa shape index (κ2) is 9.53. The molecule has 2 heterocycles. The van der Waals surface area contributed by atoms with Gasteiger partial charge in [-0.1, -0.05) is 18.2 Å². The predicted molar refractivity (Wildman–Crippen MR) is 104 cm³/mol. The van der Waals surface area contributed by atoms with Gasteiger partial charge in [0, 0.05) is 31.6 Å². The van der Waals surface area contributed by atoms with E-state index >= 15 is 0 Å². The average Bonchev–Trinajstić information content (AvgIpc) is 2.61. The van der Waals surface area contributed by atoms with Gasteiger partial charge in [-0.2, -0.15) is 0 Å². The Morgan fingerprint density at radius 3 is 2.04 bits per heavy atom. The number of benzene rings is 1. The lowest BCUT2D eigenvalue weighted by molar-refractivity contribution is -0.160. The molecule has 2 amide bonds. The van der Waals surface area contributed by atoms with Crippen molar-refractivity contribution in [3.63, 3.8) is 0 Å². The van der Waals surface area contributed by atoms with E-state index in [-0.39, 0.29) is 29.3 Å². The van der Waals surface area contributed by atoms with Crippen molar-refractivity contribution in [1.82, 2.24) is 5.32 Å². The van der Waals surface area contributed by atoms with Crippen molar-refractivity contribution in [3.05, 3.63) is 30.3 Å². The maximum atomic E-state index is 12.0. The average molecular weight is 374 g/mol. The number of amides is 2. The Kier molecular flexibility index (Phi) is 7.39. The summed E-state index contributed by atoms with van der Waals surface area (Å²) in [5.41, 5.74) is 0.860. The lowest BCUT2D eigenvalue weighted by Gasteiger charge is -2.33. The number of hydrogen-bond donors (Lipinski definition) is 1. The Bertz CT molecular complexity index is 630. The number of ether oxygens (including phenoxy) is 1. The molecule has 1 aromatic rings. The van der Waals surface area contributed by atoms with Crippen LogP contribution in [-0.4, -0.2) is 36.5 Å². The second-order valence-electron chi connectivity index (χ2n) is 7.96. The number of carbonyl (C=O) groups excluding carboxylic acids is 3. The molecule has 1 N–H and O–H groups in total. The molecule has 6 nitrogen and oxygen atoms in total. The van der Waals surface area contributed by atoms with Gasteiger partial charge in [-0.25, -0.2) is 0 Å². The smallest absolute Gasteiger partial charge is 0.309 e. The molecule has 0 radical (unpaired) electrons. The number of anilines is 1. The standard InChI is InChI=1S/C16H23NO2.C5H7NO2/c1-16(2,3)19-15(18)13-9-11-17(12-10-13)14-7-5-4-6-8-14;7-4-2-1-3-5(8)6-4/h4-8,13H,9-12H2,1-3H3;1-3H2,(H,6,7,8). The van der Waals surface area contributed by atoms with Crippen molar-refractivity contribution in [1.29, 1.82) is 0 Å². The van der Waals surface area contributed by atoms with E-state index in [0.717, 1.165) is 25.9 Å². The van der Waals surface area contributed by atoms with Gasteiger partial charge in [-0.3, -0.25) is 19.7 Å². The topological polar surface area (TPSA) is 75.7 Å². The van der Waals surface area contributed by atoms with Gasteiger partial charge in [-0.05, 0) is 52.2 Å². The zero-order valence-electron chi connectivity index (χ0n) is 16.5.